The van der Waals surface area contributed by atoms with E-state index >= 15 is 0 Å². The molecule has 0 atom stereocenters. The fraction of sp³-hybridized carbons (Fsp3) is 0.353. The Hall–Kier alpha value is -1.72. The van der Waals surface area contributed by atoms with Gasteiger partial charge >= 0.3 is 0 Å². The molecule has 1 heterocycles. The van der Waals surface area contributed by atoms with E-state index < -0.39 is 0 Å². The van der Waals surface area contributed by atoms with Crippen LogP contribution in [0, 0.1) is 5.92 Å². The molecule has 23 heavy (non-hydrogen) atoms. The van der Waals surface area contributed by atoms with Crippen LogP contribution in [0.2, 0.25) is 5.02 Å². The molecule has 0 spiro atoms. The molecule has 0 saturated heterocycles. The van der Waals surface area contributed by atoms with Crippen LogP contribution in [0.4, 0.5) is 5.13 Å². The highest BCUT2D eigenvalue weighted by atomic mass is 35.5. The van der Waals surface area contributed by atoms with Crippen LogP contribution in [0.3, 0.4) is 0 Å². The minimum Gasteiger partial charge on any atom is -0.300 e. The van der Waals surface area contributed by atoms with E-state index in [0.29, 0.717) is 10.2 Å². The van der Waals surface area contributed by atoms with Gasteiger partial charge in [0.1, 0.15) is 5.01 Å². The van der Waals surface area contributed by atoms with Crippen LogP contribution >= 0.6 is 22.9 Å². The van der Waals surface area contributed by atoms with Gasteiger partial charge in [0.05, 0.1) is 0 Å². The summed E-state index contributed by atoms with van der Waals surface area (Å²) in [4.78, 5) is 12.2. The quantitative estimate of drug-likeness (QED) is 0.857. The van der Waals surface area contributed by atoms with E-state index in [1.54, 1.807) is 0 Å². The Balaban J connectivity index is 1.59. The third-order valence-corrected chi connectivity index (χ3v) is 4.99. The number of rotatable bonds is 4. The smallest absolute Gasteiger partial charge is 0.229 e. The zero-order chi connectivity index (χ0) is 16.1. The van der Waals surface area contributed by atoms with Crippen molar-refractivity contribution >= 4 is 46.1 Å². The molecule has 1 saturated carbocycles. The van der Waals surface area contributed by atoms with Gasteiger partial charge in [-0.1, -0.05) is 60.4 Å². The van der Waals surface area contributed by atoms with E-state index in [4.69, 9.17) is 11.6 Å². The average Bonchev–Trinajstić information content (AvgIpc) is 3.02. The van der Waals surface area contributed by atoms with Gasteiger partial charge in [-0.3, -0.25) is 4.79 Å². The van der Waals surface area contributed by atoms with E-state index in [0.717, 1.165) is 36.3 Å². The fourth-order valence-electron chi connectivity index (χ4n) is 2.67. The summed E-state index contributed by atoms with van der Waals surface area (Å²) in [5.74, 6) is 0.204. The molecule has 0 radical (unpaired) electrons. The molecule has 120 valence electrons. The molecule has 0 unspecified atom stereocenters. The first-order valence-corrected chi connectivity index (χ1v) is 8.98. The topological polar surface area (TPSA) is 54.9 Å². The fourth-order valence-corrected chi connectivity index (χ4v) is 3.44. The molecule has 0 bridgehead atoms. The molecule has 1 amide bonds. The number of nitrogens with zero attached hydrogens (tertiary/aromatic N) is 2. The van der Waals surface area contributed by atoms with Gasteiger partial charge in [0, 0.05) is 10.9 Å². The van der Waals surface area contributed by atoms with Crippen molar-refractivity contribution in [1.82, 2.24) is 10.2 Å². The number of aromatic nitrogens is 2. The van der Waals surface area contributed by atoms with Gasteiger partial charge in [0.25, 0.3) is 0 Å². The standard InChI is InChI=1S/C17H18ClN3OS/c18-14-9-6-12(7-10-14)8-11-15-20-21-17(23-15)19-16(22)13-4-2-1-3-5-13/h6-11,13H,1-5H2,(H,19,21,22)/b11-8+. The van der Waals surface area contributed by atoms with Crippen molar-refractivity contribution in [3.8, 4) is 0 Å². The monoisotopic (exact) mass is 347 g/mol. The molecule has 1 aromatic heterocycles. The average molecular weight is 348 g/mol. The van der Waals surface area contributed by atoms with Crippen molar-refractivity contribution in [2.24, 2.45) is 5.92 Å². The molecule has 6 heteroatoms. The van der Waals surface area contributed by atoms with E-state index in [-0.39, 0.29) is 11.8 Å². The second-order valence-corrected chi connectivity index (χ2v) is 7.10. The molecule has 1 N–H and O–H groups in total. The zero-order valence-electron chi connectivity index (χ0n) is 12.7. The maximum absolute atomic E-state index is 12.2. The summed E-state index contributed by atoms with van der Waals surface area (Å²) in [5, 5.41) is 13.1. The van der Waals surface area contributed by atoms with Crippen LogP contribution in [0.25, 0.3) is 12.2 Å². The second-order valence-electron chi connectivity index (χ2n) is 5.65. The first-order chi connectivity index (χ1) is 11.2. The lowest BCUT2D eigenvalue weighted by Crippen LogP contribution is -2.24. The lowest BCUT2D eigenvalue weighted by atomic mass is 9.89. The number of amides is 1. The van der Waals surface area contributed by atoms with Crippen molar-refractivity contribution in [2.45, 2.75) is 32.1 Å². The molecule has 3 rings (SSSR count). The summed E-state index contributed by atoms with van der Waals surface area (Å²) in [6.07, 6.45) is 9.32. The normalized spacial score (nSPS) is 15.9. The van der Waals surface area contributed by atoms with E-state index in [2.05, 4.69) is 15.5 Å². The Bertz CT molecular complexity index is 690. The molecule has 0 aliphatic heterocycles. The molecule has 1 fully saturated rings. The van der Waals surface area contributed by atoms with Crippen LogP contribution in [0.5, 0.6) is 0 Å². The Morgan fingerprint density at radius 2 is 1.87 bits per heavy atom. The van der Waals surface area contributed by atoms with Crippen molar-refractivity contribution in [1.29, 1.82) is 0 Å². The molecule has 1 aliphatic carbocycles. The van der Waals surface area contributed by atoms with Crippen molar-refractivity contribution in [2.75, 3.05) is 5.32 Å². The number of benzene rings is 1. The third kappa shape index (κ3) is 4.62. The van der Waals surface area contributed by atoms with Crippen molar-refractivity contribution in [3.63, 3.8) is 0 Å². The van der Waals surface area contributed by atoms with E-state index in [1.807, 2.05) is 36.4 Å². The Labute approximate surface area is 144 Å². The maximum atomic E-state index is 12.2. The van der Waals surface area contributed by atoms with Gasteiger partial charge in [-0.15, -0.1) is 10.2 Å². The van der Waals surface area contributed by atoms with E-state index in [9.17, 15) is 4.79 Å². The summed E-state index contributed by atoms with van der Waals surface area (Å²) in [5.41, 5.74) is 1.04. The second kappa shape index (κ2) is 7.70. The summed E-state index contributed by atoms with van der Waals surface area (Å²) >= 11 is 7.24. The summed E-state index contributed by atoms with van der Waals surface area (Å²) in [6.45, 7) is 0. The first-order valence-electron chi connectivity index (χ1n) is 7.79. The highest BCUT2D eigenvalue weighted by Crippen LogP contribution is 2.26. The van der Waals surface area contributed by atoms with Gasteiger partial charge in [0.2, 0.25) is 11.0 Å². The highest BCUT2D eigenvalue weighted by Gasteiger charge is 2.21. The third-order valence-electron chi connectivity index (χ3n) is 3.94. The molecule has 1 aliphatic rings. The first kappa shape index (κ1) is 16.1. The van der Waals surface area contributed by atoms with Crippen LogP contribution < -0.4 is 5.32 Å². The minimum atomic E-state index is 0.0779. The van der Waals surface area contributed by atoms with Crippen molar-refractivity contribution in [3.05, 3.63) is 39.9 Å². The van der Waals surface area contributed by atoms with Crippen LogP contribution in [0.15, 0.2) is 24.3 Å². The van der Waals surface area contributed by atoms with Crippen LogP contribution in [0.1, 0.15) is 42.7 Å². The van der Waals surface area contributed by atoms with Gasteiger partial charge < -0.3 is 5.32 Å². The van der Waals surface area contributed by atoms with Gasteiger partial charge in [-0.2, -0.15) is 0 Å². The summed E-state index contributed by atoms with van der Waals surface area (Å²) < 4.78 is 0. The lowest BCUT2D eigenvalue weighted by Gasteiger charge is -2.19. The predicted octanol–water partition coefficient (Wildman–Crippen LogP) is 4.88. The molecule has 1 aromatic carbocycles. The number of hydrogen-bond donors (Lipinski definition) is 1. The maximum Gasteiger partial charge on any atom is 0.229 e. The van der Waals surface area contributed by atoms with Gasteiger partial charge in [0.15, 0.2) is 0 Å². The number of halogens is 1. The number of nitrogens with one attached hydrogen (secondary N) is 1. The number of carbonyl (C=O) groups excluding carboxylic acids is 1. The number of anilines is 1. The van der Waals surface area contributed by atoms with Gasteiger partial charge in [-0.05, 0) is 36.6 Å². The molecular formula is C17H18ClN3OS. The van der Waals surface area contributed by atoms with Gasteiger partial charge in [-0.25, -0.2) is 0 Å². The molecular weight excluding hydrogens is 330 g/mol. The minimum absolute atomic E-state index is 0.0779. The molecule has 2 aromatic rings. The summed E-state index contributed by atoms with van der Waals surface area (Å²) in [6, 6.07) is 7.56. The Morgan fingerprint density at radius 3 is 2.61 bits per heavy atom. The lowest BCUT2D eigenvalue weighted by molar-refractivity contribution is -0.120. The van der Waals surface area contributed by atoms with Crippen molar-refractivity contribution < 1.29 is 4.79 Å². The van der Waals surface area contributed by atoms with Crippen LogP contribution in [-0.4, -0.2) is 16.1 Å². The number of hydrogen-bond acceptors (Lipinski definition) is 4. The van der Waals surface area contributed by atoms with Crippen LogP contribution in [-0.2, 0) is 4.79 Å². The highest BCUT2D eigenvalue weighted by molar-refractivity contribution is 7.16. The summed E-state index contributed by atoms with van der Waals surface area (Å²) in [7, 11) is 0. The van der Waals surface area contributed by atoms with E-state index in [1.165, 1.54) is 17.8 Å². The zero-order valence-corrected chi connectivity index (χ0v) is 14.2. The number of carbonyl (C=O) groups is 1. The Kier molecular flexibility index (Phi) is 5.41. The Morgan fingerprint density at radius 1 is 1.13 bits per heavy atom. The SMILES string of the molecule is O=C(Nc1nnc(/C=C/c2ccc(Cl)cc2)s1)C1CCCCC1. The molecule has 4 nitrogen and oxygen atoms in total. The largest absolute Gasteiger partial charge is 0.300 e. The predicted molar refractivity (Wildman–Crippen MR) is 95.5 cm³/mol.